The molecule has 2 unspecified atom stereocenters. The minimum absolute atomic E-state index is 0.716. The summed E-state index contributed by atoms with van der Waals surface area (Å²) in [6.45, 7) is 6.16. The first-order valence-electron chi connectivity index (χ1n) is 6.53. The molecule has 16 heavy (non-hydrogen) atoms. The van der Waals surface area contributed by atoms with E-state index < -0.39 is 0 Å². The van der Waals surface area contributed by atoms with Crippen molar-refractivity contribution in [2.45, 2.75) is 45.6 Å². The second kappa shape index (κ2) is 3.75. The molecule has 2 fully saturated rings. The molecule has 1 N–H and O–H groups in total. The average Bonchev–Trinajstić information content (AvgIpc) is 2.71. The molecule has 2 atom stereocenters. The molecule has 0 radical (unpaired) electrons. The second-order valence-corrected chi connectivity index (χ2v) is 4.94. The lowest BCUT2D eigenvalue weighted by Gasteiger charge is -2.08. The Morgan fingerprint density at radius 3 is 2.62 bits per heavy atom. The minimum Gasteiger partial charge on any atom is -0.355 e. The molecule has 0 spiro atoms. The summed E-state index contributed by atoms with van der Waals surface area (Å²) in [6.07, 6.45) is 4.23. The highest BCUT2D eigenvalue weighted by atomic mass is 15.4. The van der Waals surface area contributed by atoms with Gasteiger partial charge in [0.1, 0.15) is 5.82 Å². The number of hydrogen-bond donors (Lipinski definition) is 1. The van der Waals surface area contributed by atoms with Crippen LogP contribution in [0.25, 0.3) is 0 Å². The van der Waals surface area contributed by atoms with Crippen molar-refractivity contribution in [1.29, 1.82) is 0 Å². The Kier molecular flexibility index (Phi) is 2.37. The van der Waals surface area contributed by atoms with E-state index in [1.807, 2.05) is 0 Å². The van der Waals surface area contributed by atoms with Gasteiger partial charge in [-0.05, 0) is 38.5 Å². The molecule has 1 aromatic heterocycles. The summed E-state index contributed by atoms with van der Waals surface area (Å²) >= 11 is 0. The van der Waals surface area contributed by atoms with Gasteiger partial charge in [0.15, 0.2) is 0 Å². The predicted octanol–water partition coefficient (Wildman–Crippen LogP) is 2.24. The fourth-order valence-corrected chi connectivity index (χ4v) is 3.37. The van der Waals surface area contributed by atoms with Gasteiger partial charge in [-0.25, -0.2) is 0 Å². The van der Waals surface area contributed by atoms with E-state index in [9.17, 15) is 0 Å². The molecule has 88 valence electrons. The minimum atomic E-state index is 0.716. The van der Waals surface area contributed by atoms with Gasteiger partial charge in [0, 0.05) is 19.0 Å². The zero-order chi connectivity index (χ0) is 11.1. The number of anilines is 1. The predicted molar refractivity (Wildman–Crippen MR) is 63.4 cm³/mol. The molecular formula is C12H20N4. The quantitative estimate of drug-likeness (QED) is 0.846. The maximum Gasteiger partial charge on any atom is 0.224 e. The van der Waals surface area contributed by atoms with Gasteiger partial charge in [-0.2, -0.15) is 0 Å². The average molecular weight is 220 g/mol. The molecule has 0 amide bonds. The zero-order valence-corrected chi connectivity index (χ0v) is 10.1. The van der Waals surface area contributed by atoms with Crippen LogP contribution in [0.4, 0.5) is 5.95 Å². The first-order chi connectivity index (χ1) is 7.86. The van der Waals surface area contributed by atoms with Crippen LogP contribution < -0.4 is 5.32 Å². The number of fused-ring (bicyclic) bond motifs is 1. The molecular weight excluding hydrogens is 200 g/mol. The van der Waals surface area contributed by atoms with Crippen molar-refractivity contribution in [3.8, 4) is 0 Å². The van der Waals surface area contributed by atoms with E-state index in [0.29, 0.717) is 5.92 Å². The van der Waals surface area contributed by atoms with Crippen molar-refractivity contribution in [2.24, 2.45) is 11.8 Å². The van der Waals surface area contributed by atoms with Gasteiger partial charge >= 0.3 is 0 Å². The molecule has 4 heteroatoms. The van der Waals surface area contributed by atoms with E-state index in [-0.39, 0.29) is 0 Å². The fraction of sp³-hybridized carbons (Fsp3) is 0.833. The summed E-state index contributed by atoms with van der Waals surface area (Å²) in [5, 5.41) is 12.0. The smallest absolute Gasteiger partial charge is 0.224 e. The maximum absolute atomic E-state index is 4.40. The van der Waals surface area contributed by atoms with Crippen molar-refractivity contribution >= 4 is 5.95 Å². The van der Waals surface area contributed by atoms with Gasteiger partial charge in [-0.15, -0.1) is 10.2 Å². The third-order valence-electron chi connectivity index (χ3n) is 4.14. The van der Waals surface area contributed by atoms with Crippen LogP contribution in [-0.2, 0) is 6.54 Å². The van der Waals surface area contributed by atoms with Crippen LogP contribution >= 0.6 is 0 Å². The van der Waals surface area contributed by atoms with Crippen LogP contribution in [-0.4, -0.2) is 21.3 Å². The Morgan fingerprint density at radius 1 is 1.25 bits per heavy atom. The molecule has 4 nitrogen and oxygen atoms in total. The molecule has 0 aromatic carbocycles. The van der Waals surface area contributed by atoms with Gasteiger partial charge in [0.05, 0.1) is 0 Å². The van der Waals surface area contributed by atoms with Crippen LogP contribution in [0.1, 0.15) is 44.9 Å². The summed E-state index contributed by atoms with van der Waals surface area (Å²) < 4.78 is 2.26. The van der Waals surface area contributed by atoms with Gasteiger partial charge in [0.2, 0.25) is 5.95 Å². The summed E-state index contributed by atoms with van der Waals surface area (Å²) in [5.74, 6) is 4.74. The Morgan fingerprint density at radius 2 is 2.00 bits per heavy atom. The Labute approximate surface area is 96.4 Å². The van der Waals surface area contributed by atoms with E-state index in [1.54, 1.807) is 0 Å². The van der Waals surface area contributed by atoms with Gasteiger partial charge in [0.25, 0.3) is 0 Å². The summed E-state index contributed by atoms with van der Waals surface area (Å²) in [4.78, 5) is 0. The molecule has 2 saturated carbocycles. The van der Waals surface area contributed by atoms with Crippen molar-refractivity contribution < 1.29 is 0 Å². The lowest BCUT2D eigenvalue weighted by molar-refractivity contribution is 0.615. The Balaban J connectivity index is 1.84. The van der Waals surface area contributed by atoms with Crippen LogP contribution in [0.15, 0.2) is 0 Å². The number of nitrogens with one attached hydrogen (secondary N) is 1. The van der Waals surface area contributed by atoms with Gasteiger partial charge in [-0.1, -0.05) is 6.42 Å². The van der Waals surface area contributed by atoms with Crippen molar-refractivity contribution in [3.63, 3.8) is 0 Å². The summed E-state index contributed by atoms with van der Waals surface area (Å²) in [6, 6.07) is 0. The van der Waals surface area contributed by atoms with E-state index in [2.05, 4.69) is 33.9 Å². The normalized spacial score (nSPS) is 31.5. The van der Waals surface area contributed by atoms with Gasteiger partial charge in [-0.3, -0.25) is 4.57 Å². The third-order valence-corrected chi connectivity index (χ3v) is 4.14. The third kappa shape index (κ3) is 1.35. The molecule has 1 heterocycles. The Hall–Kier alpha value is -1.06. The number of rotatable bonds is 4. The highest BCUT2D eigenvalue weighted by Crippen LogP contribution is 2.62. The standard InChI is InChI=1S/C12H20N4/c1-3-13-12-15-14-11(16(12)4-2)10-8-6-5-7-9(8)10/h8-10H,3-7H2,1-2H3,(H,13,15). The van der Waals surface area contributed by atoms with Crippen LogP contribution in [0.3, 0.4) is 0 Å². The molecule has 0 aliphatic heterocycles. The summed E-state index contributed by atoms with van der Waals surface area (Å²) in [5.41, 5.74) is 0. The maximum atomic E-state index is 4.40. The molecule has 2 aliphatic rings. The largest absolute Gasteiger partial charge is 0.355 e. The van der Waals surface area contributed by atoms with Crippen LogP contribution in [0.5, 0.6) is 0 Å². The number of nitrogens with zero attached hydrogens (tertiary/aromatic N) is 3. The highest BCUT2D eigenvalue weighted by Gasteiger charge is 2.55. The fourth-order valence-electron chi connectivity index (χ4n) is 3.37. The van der Waals surface area contributed by atoms with E-state index in [1.165, 1.54) is 25.1 Å². The highest BCUT2D eigenvalue weighted by molar-refractivity contribution is 5.30. The number of hydrogen-bond acceptors (Lipinski definition) is 3. The molecule has 0 saturated heterocycles. The van der Waals surface area contributed by atoms with Crippen molar-refractivity contribution in [2.75, 3.05) is 11.9 Å². The lowest BCUT2D eigenvalue weighted by atomic mass is 10.1. The van der Waals surface area contributed by atoms with Crippen LogP contribution in [0.2, 0.25) is 0 Å². The van der Waals surface area contributed by atoms with Crippen molar-refractivity contribution in [3.05, 3.63) is 5.82 Å². The van der Waals surface area contributed by atoms with Crippen molar-refractivity contribution in [1.82, 2.24) is 14.8 Å². The van der Waals surface area contributed by atoms with Gasteiger partial charge < -0.3 is 5.32 Å². The Bertz CT molecular complexity index is 374. The molecule has 1 aromatic rings. The van der Waals surface area contributed by atoms with E-state index in [0.717, 1.165) is 30.9 Å². The first kappa shape index (κ1) is 10.1. The molecule has 0 bridgehead atoms. The van der Waals surface area contributed by atoms with E-state index >= 15 is 0 Å². The van der Waals surface area contributed by atoms with Crippen LogP contribution in [0, 0.1) is 11.8 Å². The monoisotopic (exact) mass is 220 g/mol. The molecule has 2 aliphatic carbocycles. The first-order valence-corrected chi connectivity index (χ1v) is 6.53. The summed E-state index contributed by atoms with van der Waals surface area (Å²) in [7, 11) is 0. The zero-order valence-electron chi connectivity index (χ0n) is 10.1. The van der Waals surface area contributed by atoms with E-state index in [4.69, 9.17) is 0 Å². The SMILES string of the molecule is CCNc1nnc(C2C3CCCC32)n1CC. The molecule has 3 rings (SSSR count). The second-order valence-electron chi connectivity index (χ2n) is 4.94. The topological polar surface area (TPSA) is 42.7 Å². The lowest BCUT2D eigenvalue weighted by Crippen LogP contribution is -2.08. The number of aromatic nitrogens is 3.